The molecule has 0 unspecified atom stereocenters. The predicted molar refractivity (Wildman–Crippen MR) is 63.6 cm³/mol. The van der Waals surface area contributed by atoms with E-state index < -0.39 is 5.97 Å². The largest absolute Gasteiger partial charge is 0.495 e. The van der Waals surface area contributed by atoms with E-state index in [0.29, 0.717) is 11.4 Å². The van der Waals surface area contributed by atoms with Crippen molar-refractivity contribution in [1.82, 2.24) is 0 Å². The maximum Gasteiger partial charge on any atom is 0.339 e. The van der Waals surface area contributed by atoms with Gasteiger partial charge in [-0.2, -0.15) is 0 Å². The van der Waals surface area contributed by atoms with Gasteiger partial charge in [-0.05, 0) is 12.1 Å². The Balaban J connectivity index is 3.24. The number of ether oxygens (including phenoxy) is 2. The second-order valence-corrected chi connectivity index (χ2v) is 3.61. The third kappa shape index (κ3) is 3.10. The number of halogens is 1. The molecular formula is C11H12ClNO4. The summed E-state index contributed by atoms with van der Waals surface area (Å²) in [6.07, 6.45) is 0. The Morgan fingerprint density at radius 2 is 1.94 bits per heavy atom. The lowest BCUT2D eigenvalue weighted by atomic mass is 10.2. The highest BCUT2D eigenvalue weighted by molar-refractivity contribution is 6.34. The molecule has 0 atom stereocenters. The first kappa shape index (κ1) is 13.3. The number of methoxy groups -OCH3 is 2. The average molecular weight is 258 g/mol. The van der Waals surface area contributed by atoms with Crippen molar-refractivity contribution >= 4 is 29.2 Å². The van der Waals surface area contributed by atoms with Crippen molar-refractivity contribution in [3.8, 4) is 5.75 Å². The number of anilines is 1. The van der Waals surface area contributed by atoms with Gasteiger partial charge < -0.3 is 14.8 Å². The lowest BCUT2D eigenvalue weighted by Gasteiger charge is -2.11. The van der Waals surface area contributed by atoms with Crippen LogP contribution in [0.3, 0.4) is 0 Å². The monoisotopic (exact) mass is 257 g/mol. The van der Waals surface area contributed by atoms with Crippen LogP contribution in [0.2, 0.25) is 5.02 Å². The minimum absolute atomic E-state index is 0.181. The second kappa shape index (κ2) is 5.54. The lowest BCUT2D eigenvalue weighted by molar-refractivity contribution is -0.114. The SMILES string of the molecule is COC(=O)c1cc(OC)c(NC(C)=O)cc1Cl. The van der Waals surface area contributed by atoms with Crippen molar-refractivity contribution in [2.24, 2.45) is 0 Å². The molecule has 0 aromatic heterocycles. The van der Waals surface area contributed by atoms with Crippen molar-refractivity contribution < 1.29 is 19.1 Å². The van der Waals surface area contributed by atoms with Crippen LogP contribution in [0.15, 0.2) is 12.1 Å². The molecule has 0 fully saturated rings. The molecule has 0 radical (unpaired) electrons. The first-order chi connectivity index (χ1) is 7.99. The quantitative estimate of drug-likeness (QED) is 0.842. The lowest BCUT2D eigenvalue weighted by Crippen LogP contribution is -2.09. The minimum Gasteiger partial charge on any atom is -0.495 e. The molecule has 0 heterocycles. The zero-order chi connectivity index (χ0) is 13.0. The molecule has 92 valence electrons. The van der Waals surface area contributed by atoms with Gasteiger partial charge in [0.1, 0.15) is 5.75 Å². The van der Waals surface area contributed by atoms with Crippen LogP contribution in [0, 0.1) is 0 Å². The van der Waals surface area contributed by atoms with Gasteiger partial charge >= 0.3 is 5.97 Å². The fourth-order valence-corrected chi connectivity index (χ4v) is 1.52. The molecule has 0 aliphatic carbocycles. The zero-order valence-corrected chi connectivity index (χ0v) is 10.4. The van der Waals surface area contributed by atoms with Crippen molar-refractivity contribution in [2.75, 3.05) is 19.5 Å². The molecule has 0 spiro atoms. The Bertz CT molecular complexity index is 459. The van der Waals surface area contributed by atoms with Crippen LogP contribution < -0.4 is 10.1 Å². The molecule has 1 amide bonds. The number of esters is 1. The number of rotatable bonds is 3. The van der Waals surface area contributed by atoms with Gasteiger partial charge in [-0.25, -0.2) is 4.79 Å². The van der Waals surface area contributed by atoms with Crippen LogP contribution in [-0.4, -0.2) is 26.1 Å². The van der Waals surface area contributed by atoms with Crippen LogP contribution >= 0.6 is 11.6 Å². The van der Waals surface area contributed by atoms with Gasteiger partial charge in [0.25, 0.3) is 0 Å². The number of benzene rings is 1. The van der Waals surface area contributed by atoms with E-state index in [1.165, 1.54) is 33.3 Å². The van der Waals surface area contributed by atoms with E-state index in [9.17, 15) is 9.59 Å². The van der Waals surface area contributed by atoms with Crippen LogP contribution in [0.1, 0.15) is 17.3 Å². The molecule has 0 saturated carbocycles. The van der Waals surface area contributed by atoms with E-state index in [1.54, 1.807) is 0 Å². The third-order valence-corrected chi connectivity index (χ3v) is 2.32. The number of nitrogens with one attached hydrogen (secondary N) is 1. The highest BCUT2D eigenvalue weighted by Gasteiger charge is 2.16. The molecule has 1 rings (SSSR count). The van der Waals surface area contributed by atoms with Gasteiger partial charge in [0.2, 0.25) is 5.91 Å². The minimum atomic E-state index is -0.567. The van der Waals surface area contributed by atoms with Crippen LogP contribution in [0.4, 0.5) is 5.69 Å². The molecule has 5 nitrogen and oxygen atoms in total. The summed E-state index contributed by atoms with van der Waals surface area (Å²) in [5.74, 6) is -0.488. The first-order valence-electron chi connectivity index (χ1n) is 4.73. The summed E-state index contributed by atoms with van der Waals surface area (Å²) in [6.45, 7) is 1.36. The number of hydrogen-bond acceptors (Lipinski definition) is 4. The number of amides is 1. The Morgan fingerprint density at radius 3 is 2.41 bits per heavy atom. The van der Waals surface area contributed by atoms with Gasteiger partial charge in [-0.3, -0.25) is 4.79 Å². The molecule has 1 aromatic carbocycles. The molecule has 0 bridgehead atoms. The van der Waals surface area contributed by atoms with Gasteiger partial charge in [0.15, 0.2) is 0 Å². The van der Waals surface area contributed by atoms with Gasteiger partial charge in [0, 0.05) is 6.92 Å². The van der Waals surface area contributed by atoms with E-state index in [0.717, 1.165) is 0 Å². The van der Waals surface area contributed by atoms with Crippen molar-refractivity contribution in [3.05, 3.63) is 22.7 Å². The Labute approximate surface area is 104 Å². The maximum atomic E-state index is 11.4. The van der Waals surface area contributed by atoms with Crippen molar-refractivity contribution in [1.29, 1.82) is 0 Å². The summed E-state index contributed by atoms with van der Waals surface area (Å²) < 4.78 is 9.63. The Hall–Kier alpha value is -1.75. The summed E-state index contributed by atoms with van der Waals surface area (Å²) in [6, 6.07) is 2.85. The smallest absolute Gasteiger partial charge is 0.339 e. The summed E-state index contributed by atoms with van der Waals surface area (Å²) in [5, 5.41) is 2.73. The molecule has 0 aliphatic heterocycles. The van der Waals surface area contributed by atoms with Crippen LogP contribution in [0.25, 0.3) is 0 Å². The molecule has 0 aliphatic rings. The zero-order valence-electron chi connectivity index (χ0n) is 9.67. The van der Waals surface area contributed by atoms with E-state index in [2.05, 4.69) is 10.1 Å². The molecular weight excluding hydrogens is 246 g/mol. The second-order valence-electron chi connectivity index (χ2n) is 3.21. The molecule has 1 aromatic rings. The molecule has 6 heteroatoms. The van der Waals surface area contributed by atoms with E-state index in [4.69, 9.17) is 16.3 Å². The number of carbonyl (C=O) groups excluding carboxylic acids is 2. The summed E-state index contributed by atoms with van der Waals surface area (Å²) in [5.41, 5.74) is 0.581. The number of carbonyl (C=O) groups is 2. The highest BCUT2D eigenvalue weighted by atomic mass is 35.5. The molecule has 1 N–H and O–H groups in total. The van der Waals surface area contributed by atoms with Crippen molar-refractivity contribution in [3.63, 3.8) is 0 Å². The predicted octanol–water partition coefficient (Wildman–Crippen LogP) is 2.09. The van der Waals surface area contributed by atoms with Gasteiger partial charge in [-0.1, -0.05) is 11.6 Å². The van der Waals surface area contributed by atoms with Crippen molar-refractivity contribution in [2.45, 2.75) is 6.92 Å². The maximum absolute atomic E-state index is 11.4. The Kier molecular flexibility index (Phi) is 4.34. The average Bonchev–Trinajstić information content (AvgIpc) is 2.27. The highest BCUT2D eigenvalue weighted by Crippen LogP contribution is 2.31. The third-order valence-electron chi connectivity index (χ3n) is 2.01. The van der Waals surface area contributed by atoms with Gasteiger partial charge in [0.05, 0.1) is 30.5 Å². The standard InChI is InChI=1S/C11H12ClNO4/c1-6(14)13-9-5-8(12)7(11(15)17-3)4-10(9)16-2/h4-5H,1-3H3,(H,13,14). The van der Waals surface area contributed by atoms with E-state index in [1.807, 2.05) is 0 Å². The first-order valence-corrected chi connectivity index (χ1v) is 5.10. The topological polar surface area (TPSA) is 64.6 Å². The van der Waals surface area contributed by atoms with Crippen LogP contribution in [0.5, 0.6) is 5.75 Å². The Morgan fingerprint density at radius 1 is 1.29 bits per heavy atom. The summed E-state index contributed by atoms with van der Waals surface area (Å²) in [7, 11) is 2.68. The fraction of sp³-hybridized carbons (Fsp3) is 0.273. The molecule has 0 saturated heterocycles. The summed E-state index contributed by atoms with van der Waals surface area (Å²) in [4.78, 5) is 22.4. The number of hydrogen-bond donors (Lipinski definition) is 1. The van der Waals surface area contributed by atoms with Gasteiger partial charge in [-0.15, -0.1) is 0 Å². The normalized spacial score (nSPS) is 9.65. The van der Waals surface area contributed by atoms with E-state index in [-0.39, 0.29) is 16.5 Å². The van der Waals surface area contributed by atoms with E-state index >= 15 is 0 Å². The fourth-order valence-electron chi connectivity index (χ4n) is 1.28. The molecule has 17 heavy (non-hydrogen) atoms. The van der Waals surface area contributed by atoms with Crippen LogP contribution in [-0.2, 0) is 9.53 Å². The summed E-state index contributed by atoms with van der Waals surface area (Å²) >= 11 is 5.91.